The second-order valence-corrected chi connectivity index (χ2v) is 17.3. The smallest absolute Gasteiger partial charge is 0.142 e. The predicted octanol–water partition coefficient (Wildman–Crippen LogP) is 18.0. The summed E-state index contributed by atoms with van der Waals surface area (Å²) >= 11 is 0. The second kappa shape index (κ2) is 17.7. The van der Waals surface area contributed by atoms with E-state index in [0.717, 1.165) is 50.1 Å². The van der Waals surface area contributed by atoms with Gasteiger partial charge in [-0.2, -0.15) is 0 Å². The Labute approximate surface area is 381 Å². The van der Waals surface area contributed by atoms with Crippen molar-refractivity contribution in [1.82, 2.24) is 0 Å². The lowest BCUT2D eigenvalue weighted by Crippen LogP contribution is -2.12. The molecule has 0 atom stereocenters. The molecule has 2 heteroatoms. The predicted molar refractivity (Wildman–Crippen MR) is 279 cm³/mol. The zero-order valence-electron chi connectivity index (χ0n) is 36.6. The lowest BCUT2D eigenvalue weighted by atomic mass is 9.74. The van der Waals surface area contributed by atoms with Crippen LogP contribution in [0.2, 0.25) is 0 Å². The molecule has 312 valence electrons. The van der Waals surface area contributed by atoms with Gasteiger partial charge in [0.2, 0.25) is 0 Å². The molecular weight excluding hydrogens is 787 g/mol. The number of benzene rings is 9. The number of nitrogens with zero attached hydrogens (tertiary/aromatic N) is 1. The summed E-state index contributed by atoms with van der Waals surface area (Å²) in [6.07, 6.45) is 17.1. The van der Waals surface area contributed by atoms with Gasteiger partial charge in [-0.05, 0) is 135 Å². The fraction of sp³-hybridized carbons (Fsp3) is 0.0794. The van der Waals surface area contributed by atoms with Crippen molar-refractivity contribution in [2.45, 2.75) is 32.1 Å². The third-order valence-electron chi connectivity index (χ3n) is 13.1. The zero-order chi connectivity index (χ0) is 43.5. The molecule has 0 unspecified atom stereocenters. The largest absolute Gasteiger partial charge is 0.455 e. The molecule has 0 N–H and O–H groups in total. The number of fused-ring (bicyclic) bond motifs is 4. The van der Waals surface area contributed by atoms with E-state index in [1.165, 1.54) is 74.5 Å². The van der Waals surface area contributed by atoms with E-state index < -0.39 is 0 Å². The first kappa shape index (κ1) is 39.9. The second-order valence-electron chi connectivity index (χ2n) is 17.3. The Morgan fingerprint density at radius 2 is 0.985 bits per heavy atom. The number of aryl methyl sites for hydroxylation is 1. The van der Waals surface area contributed by atoms with E-state index in [9.17, 15) is 0 Å². The minimum Gasteiger partial charge on any atom is -0.455 e. The Morgan fingerprint density at radius 1 is 0.431 bits per heavy atom. The molecule has 1 heterocycles. The Kier molecular flexibility index (Phi) is 10.8. The Bertz CT molecular complexity index is 3400. The van der Waals surface area contributed by atoms with E-state index >= 15 is 0 Å². The number of hydrogen-bond acceptors (Lipinski definition) is 2. The van der Waals surface area contributed by atoms with E-state index in [0.29, 0.717) is 5.92 Å². The van der Waals surface area contributed by atoms with Gasteiger partial charge in [-0.15, -0.1) is 0 Å². The van der Waals surface area contributed by atoms with Crippen molar-refractivity contribution < 1.29 is 4.42 Å². The molecule has 1 aromatic heterocycles. The van der Waals surface area contributed by atoms with Crippen LogP contribution in [0.5, 0.6) is 0 Å². The van der Waals surface area contributed by atoms with Crippen molar-refractivity contribution in [3.63, 3.8) is 0 Å². The summed E-state index contributed by atoms with van der Waals surface area (Å²) in [6.45, 7) is 2.23. The highest BCUT2D eigenvalue weighted by atomic mass is 16.3. The highest BCUT2D eigenvalue weighted by Crippen LogP contribution is 2.44. The van der Waals surface area contributed by atoms with Crippen LogP contribution in [0.4, 0.5) is 17.1 Å². The van der Waals surface area contributed by atoms with Crippen LogP contribution in [0.15, 0.2) is 205 Å². The summed E-state index contributed by atoms with van der Waals surface area (Å²) in [5, 5.41) is 4.67. The summed E-state index contributed by atoms with van der Waals surface area (Å²) in [5.74, 6) is 0.605. The van der Waals surface area contributed by atoms with Crippen LogP contribution in [0.1, 0.15) is 69.7 Å². The number of para-hydroxylation sites is 2. The molecule has 0 amide bonds. The standard InChI is InChI=1S/C63H49NO/c1-44-12-5-6-19-57(44)59-21-10-17-50(62(59)49-15-9-16-49)33-26-46-29-37-54(38-30-46)64(56-41-36-52-42-48(28-35-53(52)43-56)25-24-45-13-3-2-4-14-45)55-39-31-47(32-40-55)27-34-51-18-11-22-60-58-20-7-8-23-61(58)65-63(51)60/h2-8,10-14,17-43,49H,9,15-16H2,1H3/b25-24+,33-26+,34-27+. The van der Waals surface area contributed by atoms with Crippen molar-refractivity contribution in [3.8, 4) is 11.1 Å². The molecule has 0 spiro atoms. The van der Waals surface area contributed by atoms with Gasteiger partial charge in [-0.3, -0.25) is 0 Å². The van der Waals surface area contributed by atoms with Crippen LogP contribution in [0.25, 0.3) is 80.3 Å². The first-order valence-electron chi connectivity index (χ1n) is 22.8. The molecule has 11 rings (SSSR count). The number of furan rings is 1. The van der Waals surface area contributed by atoms with Gasteiger partial charge in [-0.1, -0.05) is 195 Å². The molecule has 1 aliphatic rings. The van der Waals surface area contributed by atoms with Gasteiger partial charge in [0.05, 0.1) is 0 Å². The molecule has 0 saturated heterocycles. The first-order valence-corrected chi connectivity index (χ1v) is 22.8. The van der Waals surface area contributed by atoms with Crippen molar-refractivity contribution in [1.29, 1.82) is 0 Å². The lowest BCUT2D eigenvalue weighted by Gasteiger charge is -2.30. The minimum absolute atomic E-state index is 0.605. The quantitative estimate of drug-likeness (QED) is 0.121. The maximum atomic E-state index is 6.32. The molecule has 0 aliphatic heterocycles. The van der Waals surface area contributed by atoms with Gasteiger partial charge in [0.1, 0.15) is 11.2 Å². The molecular formula is C63H49NO. The number of hydrogen-bond donors (Lipinski definition) is 0. The van der Waals surface area contributed by atoms with Crippen molar-refractivity contribution in [2.24, 2.45) is 0 Å². The summed E-state index contributed by atoms with van der Waals surface area (Å²) < 4.78 is 6.32. The Morgan fingerprint density at radius 3 is 1.74 bits per heavy atom. The van der Waals surface area contributed by atoms with E-state index in [4.69, 9.17) is 4.42 Å². The Balaban J connectivity index is 0.916. The van der Waals surface area contributed by atoms with Crippen LogP contribution >= 0.6 is 0 Å². The van der Waals surface area contributed by atoms with E-state index in [1.807, 2.05) is 12.1 Å². The van der Waals surface area contributed by atoms with E-state index in [1.54, 1.807) is 0 Å². The third kappa shape index (κ3) is 8.23. The molecule has 10 aromatic rings. The maximum absolute atomic E-state index is 6.32. The molecule has 9 aromatic carbocycles. The highest BCUT2D eigenvalue weighted by Gasteiger charge is 2.25. The minimum atomic E-state index is 0.605. The van der Waals surface area contributed by atoms with Crippen molar-refractivity contribution in [2.75, 3.05) is 4.90 Å². The summed E-state index contributed by atoms with van der Waals surface area (Å²) in [5.41, 5.74) is 17.7. The van der Waals surface area contributed by atoms with Crippen LogP contribution in [-0.4, -0.2) is 0 Å². The van der Waals surface area contributed by atoms with Gasteiger partial charge in [0.15, 0.2) is 0 Å². The van der Waals surface area contributed by atoms with E-state index in [2.05, 4.69) is 236 Å². The van der Waals surface area contributed by atoms with Gasteiger partial charge in [0.25, 0.3) is 0 Å². The molecule has 0 bridgehead atoms. The average molecular weight is 836 g/mol. The molecule has 2 nitrogen and oxygen atoms in total. The molecule has 0 radical (unpaired) electrons. The lowest BCUT2D eigenvalue weighted by molar-refractivity contribution is 0.420. The number of anilines is 3. The van der Waals surface area contributed by atoms with Crippen LogP contribution in [0.3, 0.4) is 0 Å². The maximum Gasteiger partial charge on any atom is 0.142 e. The highest BCUT2D eigenvalue weighted by molar-refractivity contribution is 6.07. The van der Waals surface area contributed by atoms with Crippen molar-refractivity contribution >= 4 is 86.2 Å². The molecule has 1 fully saturated rings. The Hall–Kier alpha value is -7.94. The fourth-order valence-electron chi connectivity index (χ4n) is 9.43. The molecule has 65 heavy (non-hydrogen) atoms. The van der Waals surface area contributed by atoms with Gasteiger partial charge in [0, 0.05) is 33.4 Å². The molecule has 1 aliphatic carbocycles. The van der Waals surface area contributed by atoms with Gasteiger partial charge in [-0.25, -0.2) is 0 Å². The number of rotatable bonds is 11. The van der Waals surface area contributed by atoms with Crippen LogP contribution in [0, 0.1) is 6.92 Å². The zero-order valence-corrected chi connectivity index (χ0v) is 36.6. The normalized spacial score (nSPS) is 13.2. The fourth-order valence-corrected chi connectivity index (χ4v) is 9.43. The monoisotopic (exact) mass is 835 g/mol. The first-order chi connectivity index (χ1) is 32.1. The van der Waals surface area contributed by atoms with Crippen LogP contribution < -0.4 is 4.90 Å². The van der Waals surface area contributed by atoms with Gasteiger partial charge < -0.3 is 9.32 Å². The summed E-state index contributed by atoms with van der Waals surface area (Å²) in [7, 11) is 0. The van der Waals surface area contributed by atoms with E-state index in [-0.39, 0.29) is 0 Å². The third-order valence-corrected chi connectivity index (χ3v) is 13.1. The molecule has 1 saturated carbocycles. The topological polar surface area (TPSA) is 16.4 Å². The summed E-state index contributed by atoms with van der Waals surface area (Å²) in [6, 6.07) is 72.0. The van der Waals surface area contributed by atoms with Gasteiger partial charge >= 0.3 is 0 Å². The SMILES string of the molecule is Cc1ccccc1-c1cccc(/C=C/c2ccc(N(c3ccc(/C=C/c4cccc5c4oc4ccccc45)cc3)c3ccc4cc(/C=C/c5ccccc5)ccc4c3)cc2)c1C1CCC1. The average Bonchev–Trinajstić information content (AvgIpc) is 3.73. The summed E-state index contributed by atoms with van der Waals surface area (Å²) in [4.78, 5) is 2.36. The van der Waals surface area contributed by atoms with Crippen molar-refractivity contribution in [3.05, 3.63) is 245 Å². The van der Waals surface area contributed by atoms with Crippen LogP contribution in [-0.2, 0) is 0 Å².